The molecule has 1 atom stereocenters. The Hall–Kier alpha value is -3.89. The second-order valence-corrected chi connectivity index (χ2v) is 9.22. The van der Waals surface area contributed by atoms with Gasteiger partial charge in [0.1, 0.15) is 17.9 Å². The van der Waals surface area contributed by atoms with Crippen LogP contribution in [0.1, 0.15) is 18.4 Å². The van der Waals surface area contributed by atoms with Crippen molar-refractivity contribution in [3.05, 3.63) is 113 Å². The summed E-state index contributed by atoms with van der Waals surface area (Å²) < 4.78 is 11.8. The summed E-state index contributed by atoms with van der Waals surface area (Å²) in [7, 11) is 0. The lowest BCUT2D eigenvalue weighted by Crippen LogP contribution is -2.33. The summed E-state index contributed by atoms with van der Waals surface area (Å²) in [5, 5.41) is 3.51. The van der Waals surface area contributed by atoms with Crippen LogP contribution in [-0.2, 0) is 6.54 Å². The fourth-order valence-corrected chi connectivity index (χ4v) is 5.22. The lowest BCUT2D eigenvalue weighted by molar-refractivity contribution is 0.167. The molecule has 4 heteroatoms. The fourth-order valence-electron chi connectivity index (χ4n) is 5.22. The van der Waals surface area contributed by atoms with Crippen LogP contribution in [0.4, 0.5) is 0 Å². The van der Waals surface area contributed by atoms with Crippen molar-refractivity contribution in [2.75, 3.05) is 13.2 Å². The molecule has 0 bridgehead atoms. The molecule has 5 aromatic rings. The van der Waals surface area contributed by atoms with E-state index in [0.717, 1.165) is 41.8 Å². The molecule has 0 aliphatic carbocycles. The Bertz CT molecular complexity index is 1530. The van der Waals surface area contributed by atoms with Crippen molar-refractivity contribution in [2.45, 2.75) is 25.4 Å². The van der Waals surface area contributed by atoms with Crippen molar-refractivity contribution in [3.8, 4) is 16.9 Å². The van der Waals surface area contributed by atoms with Gasteiger partial charge in [-0.3, -0.25) is 4.90 Å². The van der Waals surface area contributed by atoms with Crippen LogP contribution in [0.15, 0.2) is 106 Å². The largest absolute Gasteiger partial charge is 0.492 e. The summed E-state index contributed by atoms with van der Waals surface area (Å²) in [6.45, 7) is 2.60. The molecule has 4 nitrogen and oxygen atoms in total. The molecular formula is C31H27NO3. The van der Waals surface area contributed by atoms with Gasteiger partial charge < -0.3 is 9.15 Å². The van der Waals surface area contributed by atoms with E-state index in [9.17, 15) is 4.79 Å². The fraction of sp³-hybridized carbons (Fsp3) is 0.194. The van der Waals surface area contributed by atoms with E-state index in [1.807, 2.05) is 48.5 Å². The molecule has 0 unspecified atom stereocenters. The molecule has 0 saturated carbocycles. The standard InChI is InChI=1S/C31H27NO3/c33-31-19-29(23-8-2-1-3-9-23)28-16-15-26(18-30(28)35-31)34-21-25-13-7-17-32(25)20-24-12-6-11-22-10-4-5-14-27(22)24/h1-6,8-12,14-16,18-19,25H,7,13,17,20-21H2/t25-/m0/s1. The predicted molar refractivity (Wildman–Crippen MR) is 141 cm³/mol. The van der Waals surface area contributed by atoms with Crippen molar-refractivity contribution in [3.63, 3.8) is 0 Å². The van der Waals surface area contributed by atoms with E-state index in [2.05, 4.69) is 47.4 Å². The Labute approximate surface area is 204 Å². The van der Waals surface area contributed by atoms with Crippen molar-refractivity contribution in [1.82, 2.24) is 4.90 Å². The molecule has 0 spiro atoms. The predicted octanol–water partition coefficient (Wildman–Crippen LogP) is 6.66. The van der Waals surface area contributed by atoms with Crippen molar-refractivity contribution in [1.29, 1.82) is 0 Å². The van der Waals surface area contributed by atoms with Gasteiger partial charge in [-0.05, 0) is 59.0 Å². The first-order valence-corrected chi connectivity index (χ1v) is 12.2. The summed E-state index contributed by atoms with van der Waals surface area (Å²) in [5.74, 6) is 0.725. The topological polar surface area (TPSA) is 42.7 Å². The molecule has 1 fully saturated rings. The Morgan fingerprint density at radius 2 is 1.69 bits per heavy atom. The number of fused-ring (bicyclic) bond motifs is 2. The monoisotopic (exact) mass is 461 g/mol. The van der Waals surface area contributed by atoms with Crippen molar-refractivity contribution >= 4 is 21.7 Å². The number of nitrogens with zero attached hydrogens (tertiary/aromatic N) is 1. The van der Waals surface area contributed by atoms with Crippen LogP contribution in [0, 0.1) is 0 Å². The van der Waals surface area contributed by atoms with Crippen LogP contribution >= 0.6 is 0 Å². The van der Waals surface area contributed by atoms with Gasteiger partial charge in [0.2, 0.25) is 0 Å². The van der Waals surface area contributed by atoms with E-state index in [0.29, 0.717) is 18.2 Å². The number of hydrogen-bond donors (Lipinski definition) is 0. The van der Waals surface area contributed by atoms with Gasteiger partial charge in [0.15, 0.2) is 0 Å². The van der Waals surface area contributed by atoms with Gasteiger partial charge in [0.05, 0.1) is 0 Å². The Morgan fingerprint density at radius 3 is 2.60 bits per heavy atom. The van der Waals surface area contributed by atoms with Crippen LogP contribution in [-0.4, -0.2) is 24.1 Å². The average molecular weight is 462 g/mol. The minimum absolute atomic E-state index is 0.354. The highest BCUT2D eigenvalue weighted by atomic mass is 16.5. The zero-order valence-electron chi connectivity index (χ0n) is 19.5. The Morgan fingerprint density at radius 1 is 0.857 bits per heavy atom. The van der Waals surface area contributed by atoms with Gasteiger partial charge in [0, 0.05) is 30.1 Å². The normalized spacial score (nSPS) is 16.2. The molecule has 0 radical (unpaired) electrons. The van der Waals surface area contributed by atoms with Crippen LogP contribution in [0.2, 0.25) is 0 Å². The SMILES string of the molecule is O=c1cc(-c2ccccc2)c2ccc(OC[C@@H]3CCCN3Cc3cccc4ccccc34)cc2o1. The molecule has 1 aliphatic rings. The molecule has 4 aromatic carbocycles. The van der Waals surface area contributed by atoms with E-state index in [-0.39, 0.29) is 5.63 Å². The van der Waals surface area contributed by atoms with Crippen LogP contribution in [0.3, 0.4) is 0 Å². The van der Waals surface area contributed by atoms with Gasteiger partial charge >= 0.3 is 5.63 Å². The minimum atomic E-state index is -0.356. The third-order valence-corrected chi connectivity index (χ3v) is 7.00. The highest BCUT2D eigenvalue weighted by Crippen LogP contribution is 2.30. The zero-order valence-corrected chi connectivity index (χ0v) is 19.5. The molecule has 174 valence electrons. The van der Waals surface area contributed by atoms with E-state index in [1.54, 1.807) is 6.07 Å². The number of hydrogen-bond acceptors (Lipinski definition) is 4. The number of rotatable bonds is 6. The van der Waals surface area contributed by atoms with E-state index >= 15 is 0 Å². The maximum Gasteiger partial charge on any atom is 0.336 e. The molecule has 6 rings (SSSR count). The third-order valence-electron chi connectivity index (χ3n) is 7.00. The van der Waals surface area contributed by atoms with Gasteiger partial charge in [0.25, 0.3) is 0 Å². The number of ether oxygens (including phenoxy) is 1. The molecular weight excluding hydrogens is 434 g/mol. The van der Waals surface area contributed by atoms with E-state index in [4.69, 9.17) is 9.15 Å². The summed E-state index contributed by atoms with van der Waals surface area (Å²) in [5.41, 5.74) is 3.42. The molecule has 0 N–H and O–H groups in total. The third kappa shape index (κ3) is 4.45. The smallest absolute Gasteiger partial charge is 0.336 e. The number of benzene rings is 4. The Balaban J connectivity index is 1.20. The average Bonchev–Trinajstić information content (AvgIpc) is 3.34. The first kappa shape index (κ1) is 21.6. The van der Waals surface area contributed by atoms with Gasteiger partial charge in [-0.15, -0.1) is 0 Å². The second-order valence-electron chi connectivity index (χ2n) is 9.22. The highest BCUT2D eigenvalue weighted by Gasteiger charge is 2.25. The summed E-state index contributed by atoms with van der Waals surface area (Å²) >= 11 is 0. The molecule has 35 heavy (non-hydrogen) atoms. The lowest BCUT2D eigenvalue weighted by atomic mass is 10.0. The van der Waals surface area contributed by atoms with Gasteiger partial charge in [-0.25, -0.2) is 4.79 Å². The van der Waals surface area contributed by atoms with E-state index < -0.39 is 0 Å². The maximum absolute atomic E-state index is 12.3. The summed E-state index contributed by atoms with van der Waals surface area (Å²) in [6.07, 6.45) is 2.29. The molecule has 1 aliphatic heterocycles. The number of likely N-dealkylation sites (tertiary alicyclic amines) is 1. The second kappa shape index (κ2) is 9.40. The molecule has 1 saturated heterocycles. The van der Waals surface area contributed by atoms with Gasteiger partial charge in [-0.1, -0.05) is 72.8 Å². The first-order valence-electron chi connectivity index (χ1n) is 12.2. The highest BCUT2D eigenvalue weighted by molar-refractivity contribution is 5.93. The minimum Gasteiger partial charge on any atom is -0.492 e. The first-order chi connectivity index (χ1) is 17.2. The van der Waals surface area contributed by atoms with Crippen LogP contribution in [0.25, 0.3) is 32.9 Å². The summed E-state index contributed by atoms with van der Waals surface area (Å²) in [6, 6.07) is 32.7. The van der Waals surface area contributed by atoms with Crippen LogP contribution in [0.5, 0.6) is 5.75 Å². The maximum atomic E-state index is 12.3. The van der Waals surface area contributed by atoms with Crippen molar-refractivity contribution in [2.24, 2.45) is 0 Å². The lowest BCUT2D eigenvalue weighted by Gasteiger charge is -2.25. The molecule has 0 amide bonds. The van der Waals surface area contributed by atoms with Crippen LogP contribution < -0.4 is 10.4 Å². The summed E-state index contributed by atoms with van der Waals surface area (Å²) in [4.78, 5) is 14.8. The Kier molecular flexibility index (Phi) is 5.81. The van der Waals surface area contributed by atoms with Crippen molar-refractivity contribution < 1.29 is 9.15 Å². The molecule has 1 aromatic heterocycles. The zero-order chi connectivity index (χ0) is 23.6. The van der Waals surface area contributed by atoms with E-state index in [1.165, 1.54) is 22.8 Å². The quantitative estimate of drug-likeness (QED) is 0.265. The van der Waals surface area contributed by atoms with Gasteiger partial charge in [-0.2, -0.15) is 0 Å². The molecule has 2 heterocycles.